The van der Waals surface area contributed by atoms with Gasteiger partial charge in [0.25, 0.3) is 0 Å². The van der Waals surface area contributed by atoms with E-state index in [1.807, 2.05) is 6.92 Å². The summed E-state index contributed by atoms with van der Waals surface area (Å²) in [5.74, 6) is -0.197. The van der Waals surface area contributed by atoms with Gasteiger partial charge in [0, 0.05) is 11.9 Å². The van der Waals surface area contributed by atoms with E-state index in [-0.39, 0.29) is 11.3 Å². The van der Waals surface area contributed by atoms with Crippen molar-refractivity contribution in [3.8, 4) is 0 Å². The van der Waals surface area contributed by atoms with E-state index in [0.717, 1.165) is 11.3 Å². The molecule has 0 spiro atoms. The predicted molar refractivity (Wildman–Crippen MR) is 66.9 cm³/mol. The number of H-pyrrole nitrogens is 1. The minimum Gasteiger partial charge on any atom is -0.478 e. The molecule has 2 rings (SSSR count). The zero-order valence-electron chi connectivity index (χ0n) is 9.48. The molecule has 0 unspecified atom stereocenters. The summed E-state index contributed by atoms with van der Waals surface area (Å²) in [6.07, 6.45) is 0. The van der Waals surface area contributed by atoms with Crippen LogP contribution in [-0.4, -0.2) is 26.4 Å². The summed E-state index contributed by atoms with van der Waals surface area (Å²) in [5, 5.41) is 9.12. The summed E-state index contributed by atoms with van der Waals surface area (Å²) >= 11 is 1.45. The van der Waals surface area contributed by atoms with E-state index in [2.05, 4.69) is 4.98 Å². The molecule has 5 nitrogen and oxygen atoms in total. The van der Waals surface area contributed by atoms with Gasteiger partial charge in [0.05, 0.1) is 16.6 Å². The number of carboxylic acid groups (broad SMARTS) is 1. The normalized spacial score (nSPS) is 10.9. The highest BCUT2D eigenvalue weighted by Crippen LogP contribution is 2.26. The number of aryl methyl sites for hydroxylation is 1. The lowest BCUT2D eigenvalue weighted by Gasteiger charge is -2.05. The molecule has 0 atom stereocenters. The van der Waals surface area contributed by atoms with E-state index >= 15 is 0 Å². The van der Waals surface area contributed by atoms with E-state index in [4.69, 9.17) is 5.11 Å². The standard InChI is InChI=1S/C11H12N2O3S/c1-3-17-9-5-8-7(4-6(9)10(14)15)12-11(16)13(8)2/h4-5H,3H2,1-2H3,(H,12,16)(H,14,15). The van der Waals surface area contributed by atoms with Crippen LogP contribution in [0.15, 0.2) is 21.8 Å². The molecule has 0 aliphatic carbocycles. The Hall–Kier alpha value is -1.69. The largest absolute Gasteiger partial charge is 0.478 e. The van der Waals surface area contributed by atoms with Gasteiger partial charge in [-0.25, -0.2) is 9.59 Å². The summed E-state index contributed by atoms with van der Waals surface area (Å²) in [5.41, 5.74) is 1.26. The number of nitrogens with zero attached hydrogens (tertiary/aromatic N) is 1. The number of benzene rings is 1. The maximum absolute atomic E-state index is 11.4. The second-order valence-electron chi connectivity index (χ2n) is 3.59. The highest BCUT2D eigenvalue weighted by atomic mass is 32.2. The molecule has 1 aromatic heterocycles. The number of aromatic nitrogens is 2. The topological polar surface area (TPSA) is 75.1 Å². The van der Waals surface area contributed by atoms with Crippen LogP contribution in [0.25, 0.3) is 11.0 Å². The molecule has 0 amide bonds. The third-order valence-corrected chi connectivity index (χ3v) is 3.47. The molecule has 17 heavy (non-hydrogen) atoms. The third kappa shape index (κ3) is 1.95. The van der Waals surface area contributed by atoms with E-state index in [1.165, 1.54) is 22.4 Å². The van der Waals surface area contributed by atoms with Gasteiger partial charge in [0.1, 0.15) is 0 Å². The first-order valence-electron chi connectivity index (χ1n) is 5.13. The molecule has 0 radical (unpaired) electrons. The molecule has 0 saturated heterocycles. The molecule has 90 valence electrons. The Bertz CT molecular complexity index is 642. The molecular weight excluding hydrogens is 240 g/mol. The number of thioether (sulfide) groups is 1. The molecule has 0 aliphatic rings. The quantitative estimate of drug-likeness (QED) is 0.815. The molecule has 0 saturated carbocycles. The van der Waals surface area contributed by atoms with Crippen molar-refractivity contribution in [2.24, 2.45) is 7.05 Å². The molecule has 0 bridgehead atoms. The van der Waals surface area contributed by atoms with Gasteiger partial charge in [0.2, 0.25) is 0 Å². The van der Waals surface area contributed by atoms with Gasteiger partial charge in [0.15, 0.2) is 0 Å². The highest BCUT2D eigenvalue weighted by Gasteiger charge is 2.14. The van der Waals surface area contributed by atoms with Gasteiger partial charge < -0.3 is 10.1 Å². The molecule has 6 heteroatoms. The predicted octanol–water partition coefficient (Wildman–Crippen LogP) is 1.68. The smallest absolute Gasteiger partial charge is 0.336 e. The van der Waals surface area contributed by atoms with Crippen LogP contribution in [-0.2, 0) is 7.05 Å². The van der Waals surface area contributed by atoms with Gasteiger partial charge >= 0.3 is 11.7 Å². The van der Waals surface area contributed by atoms with Crippen LogP contribution in [0.2, 0.25) is 0 Å². The van der Waals surface area contributed by atoms with E-state index < -0.39 is 5.97 Å². The summed E-state index contributed by atoms with van der Waals surface area (Å²) < 4.78 is 1.47. The number of imidazole rings is 1. The third-order valence-electron chi connectivity index (χ3n) is 2.54. The number of carboxylic acids is 1. The Morgan fingerprint density at radius 2 is 2.24 bits per heavy atom. The van der Waals surface area contributed by atoms with Crippen LogP contribution in [0.1, 0.15) is 17.3 Å². The number of hydrogen-bond acceptors (Lipinski definition) is 3. The van der Waals surface area contributed by atoms with E-state index in [0.29, 0.717) is 10.4 Å². The summed E-state index contributed by atoms with van der Waals surface area (Å²) in [6.45, 7) is 1.96. The van der Waals surface area contributed by atoms with Gasteiger partial charge in [-0.3, -0.25) is 4.57 Å². The van der Waals surface area contributed by atoms with Crippen molar-refractivity contribution in [2.75, 3.05) is 5.75 Å². The van der Waals surface area contributed by atoms with Crippen LogP contribution >= 0.6 is 11.8 Å². The molecule has 2 N–H and O–H groups in total. The molecule has 2 aromatic rings. The van der Waals surface area contributed by atoms with Crippen molar-refractivity contribution in [1.29, 1.82) is 0 Å². The molecule has 1 heterocycles. The molecule has 1 aromatic carbocycles. The fourth-order valence-electron chi connectivity index (χ4n) is 1.70. The summed E-state index contributed by atoms with van der Waals surface area (Å²) in [6, 6.07) is 3.25. The van der Waals surface area contributed by atoms with Crippen LogP contribution in [0.5, 0.6) is 0 Å². The van der Waals surface area contributed by atoms with Gasteiger partial charge in [-0.1, -0.05) is 6.92 Å². The van der Waals surface area contributed by atoms with Crippen molar-refractivity contribution in [3.05, 3.63) is 28.2 Å². The van der Waals surface area contributed by atoms with Crippen LogP contribution in [0.4, 0.5) is 0 Å². The Morgan fingerprint density at radius 1 is 1.53 bits per heavy atom. The van der Waals surface area contributed by atoms with Crippen LogP contribution in [0, 0.1) is 0 Å². The summed E-state index contributed by atoms with van der Waals surface area (Å²) in [7, 11) is 1.65. The number of fused-ring (bicyclic) bond motifs is 1. The molecular formula is C11H12N2O3S. The Morgan fingerprint density at radius 3 is 2.82 bits per heavy atom. The fraction of sp³-hybridized carbons (Fsp3) is 0.273. The van der Waals surface area contributed by atoms with E-state index in [1.54, 1.807) is 13.1 Å². The maximum atomic E-state index is 11.4. The maximum Gasteiger partial charge on any atom is 0.336 e. The highest BCUT2D eigenvalue weighted by molar-refractivity contribution is 7.99. The first-order chi connectivity index (χ1) is 8.04. The van der Waals surface area contributed by atoms with Gasteiger partial charge in [-0.05, 0) is 17.9 Å². The number of nitrogens with one attached hydrogen (secondary N) is 1. The van der Waals surface area contributed by atoms with Crippen molar-refractivity contribution < 1.29 is 9.90 Å². The second-order valence-corrected chi connectivity index (χ2v) is 4.90. The van der Waals surface area contributed by atoms with Crippen LogP contribution in [0.3, 0.4) is 0 Å². The SMILES string of the molecule is CCSc1cc2c(cc1C(=O)O)[nH]c(=O)n2C. The van der Waals surface area contributed by atoms with E-state index in [9.17, 15) is 9.59 Å². The van der Waals surface area contributed by atoms with Crippen LogP contribution < -0.4 is 5.69 Å². The van der Waals surface area contributed by atoms with Crippen molar-refractivity contribution >= 4 is 28.8 Å². The average molecular weight is 252 g/mol. The Labute approximate surface area is 101 Å². The number of carbonyl (C=O) groups is 1. The number of aromatic amines is 1. The lowest BCUT2D eigenvalue weighted by atomic mass is 10.2. The second kappa shape index (κ2) is 4.29. The summed E-state index contributed by atoms with van der Waals surface area (Å²) in [4.78, 5) is 25.9. The Kier molecular flexibility index (Phi) is 2.97. The first kappa shape index (κ1) is 11.8. The zero-order chi connectivity index (χ0) is 12.6. The van der Waals surface area contributed by atoms with Crippen molar-refractivity contribution in [1.82, 2.24) is 9.55 Å². The lowest BCUT2D eigenvalue weighted by Crippen LogP contribution is -2.11. The minimum atomic E-state index is -0.979. The molecule has 0 fully saturated rings. The Balaban J connectivity index is 2.76. The lowest BCUT2D eigenvalue weighted by molar-refractivity contribution is 0.0693. The van der Waals surface area contributed by atoms with Crippen molar-refractivity contribution in [3.63, 3.8) is 0 Å². The number of rotatable bonds is 3. The molecule has 0 aliphatic heterocycles. The van der Waals surface area contributed by atoms with Gasteiger partial charge in [-0.2, -0.15) is 0 Å². The first-order valence-corrected chi connectivity index (χ1v) is 6.12. The fourth-order valence-corrected chi connectivity index (χ4v) is 2.50. The monoisotopic (exact) mass is 252 g/mol. The average Bonchev–Trinajstić information content (AvgIpc) is 2.55. The number of hydrogen-bond donors (Lipinski definition) is 2. The van der Waals surface area contributed by atoms with Crippen molar-refractivity contribution in [2.45, 2.75) is 11.8 Å². The zero-order valence-corrected chi connectivity index (χ0v) is 10.3. The van der Waals surface area contributed by atoms with Gasteiger partial charge in [-0.15, -0.1) is 11.8 Å². The minimum absolute atomic E-state index is 0.228. The number of aromatic carboxylic acids is 1.